The number of pyridine rings is 2. The van der Waals surface area contributed by atoms with Crippen molar-refractivity contribution in [1.29, 1.82) is 0 Å². The highest BCUT2D eigenvalue weighted by Gasteiger charge is 2.35. The molecular weight excluding hydrogens is 437 g/mol. The molecule has 0 bridgehead atoms. The van der Waals surface area contributed by atoms with Crippen LogP contribution in [-0.4, -0.2) is 36.7 Å². The fourth-order valence-electron chi connectivity index (χ4n) is 3.73. The summed E-state index contributed by atoms with van der Waals surface area (Å²) in [5.74, 6) is -0.766. The molecule has 5 rings (SSSR count). The van der Waals surface area contributed by atoms with E-state index >= 15 is 0 Å². The average molecular weight is 456 g/mol. The molecule has 4 aromatic rings. The second kappa shape index (κ2) is 8.37. The molecule has 170 valence electrons. The van der Waals surface area contributed by atoms with Crippen molar-refractivity contribution >= 4 is 12.1 Å². The highest BCUT2D eigenvalue weighted by atomic mass is 19.3. The van der Waals surface area contributed by atoms with Crippen LogP contribution in [0.5, 0.6) is 0 Å². The summed E-state index contributed by atoms with van der Waals surface area (Å²) >= 11 is 0. The van der Waals surface area contributed by atoms with E-state index in [4.69, 9.17) is 10.2 Å². The molecule has 33 heavy (non-hydrogen) atoms. The van der Waals surface area contributed by atoms with Gasteiger partial charge in [0.1, 0.15) is 11.7 Å². The van der Waals surface area contributed by atoms with Gasteiger partial charge in [-0.1, -0.05) is 11.2 Å². The molecule has 5 heterocycles. The average Bonchev–Trinajstić information content (AvgIpc) is 3.48. The molecule has 0 spiro atoms. The van der Waals surface area contributed by atoms with Crippen LogP contribution in [0, 0.1) is 5.95 Å². The molecule has 0 aromatic carbocycles. The van der Waals surface area contributed by atoms with Gasteiger partial charge in [-0.25, -0.2) is 23.7 Å². The van der Waals surface area contributed by atoms with Crippen molar-refractivity contribution in [2.24, 2.45) is 5.73 Å². The van der Waals surface area contributed by atoms with E-state index in [2.05, 4.69) is 30.1 Å². The van der Waals surface area contributed by atoms with Crippen molar-refractivity contribution < 1.29 is 19.0 Å². The van der Waals surface area contributed by atoms with E-state index in [0.717, 1.165) is 5.69 Å². The van der Waals surface area contributed by atoms with Gasteiger partial charge in [0.05, 0.1) is 23.3 Å². The van der Waals surface area contributed by atoms with E-state index in [-0.39, 0.29) is 36.0 Å². The molecule has 0 saturated heterocycles. The molecule has 4 aromatic heterocycles. The Morgan fingerprint density at radius 2 is 2.12 bits per heavy atom. The van der Waals surface area contributed by atoms with Gasteiger partial charge < -0.3 is 20.0 Å². The molecule has 12 heteroatoms. The number of nitrogens with one attached hydrogen (secondary N) is 1. The monoisotopic (exact) mass is 456 g/mol. The smallest absolute Gasteiger partial charge is 0.319 e. The maximum absolute atomic E-state index is 14.1. The second-order valence-corrected chi connectivity index (χ2v) is 7.28. The number of aromatic amines is 1. The highest BCUT2D eigenvalue weighted by Crippen LogP contribution is 2.36. The number of H-pyrrole nitrogens is 1. The quantitative estimate of drug-likeness (QED) is 0.436. The van der Waals surface area contributed by atoms with Gasteiger partial charge in [0.15, 0.2) is 0 Å². The zero-order valence-corrected chi connectivity index (χ0v) is 17.0. The molecular formula is C21H19F3N8O. The molecule has 0 aliphatic carbocycles. The van der Waals surface area contributed by atoms with Crippen LogP contribution in [-0.2, 0) is 6.42 Å². The van der Waals surface area contributed by atoms with Crippen LogP contribution in [0.25, 0.3) is 17.5 Å². The Labute approximate surface area is 186 Å². The molecule has 0 saturated carbocycles. The number of nitrogens with two attached hydrogens (primary N) is 1. The number of fused-ring (bicyclic) bond motifs is 1. The minimum atomic E-state index is -2.70. The third-order valence-corrected chi connectivity index (χ3v) is 5.22. The predicted octanol–water partition coefficient (Wildman–Crippen LogP) is 3.68. The van der Waals surface area contributed by atoms with Crippen molar-refractivity contribution in [3.05, 3.63) is 77.3 Å². The number of rotatable bonds is 5. The highest BCUT2D eigenvalue weighted by molar-refractivity contribution is 5.56. The molecule has 3 N–H and O–H groups in total. The van der Waals surface area contributed by atoms with Crippen LogP contribution < -0.4 is 10.6 Å². The van der Waals surface area contributed by atoms with Gasteiger partial charge >= 0.3 is 6.01 Å². The summed E-state index contributed by atoms with van der Waals surface area (Å²) in [6.45, 7) is 0.441. The Balaban J connectivity index is 0.00000274. The van der Waals surface area contributed by atoms with Gasteiger partial charge in [-0.05, 0) is 30.3 Å². The fraction of sp³-hybridized carbons (Fsp3) is 0.190. The minimum absolute atomic E-state index is 0. The van der Waals surface area contributed by atoms with E-state index < -0.39 is 18.4 Å². The SMILES string of the molecule is N/C(=C\c1cccc(C(F)F)n1)[C@@H]1c2nc[nH]c2CCN1c1nnc(-c2cccnc2F)o1.[HH]. The zero-order valence-electron chi connectivity index (χ0n) is 17.0. The minimum Gasteiger partial charge on any atom is -0.403 e. The summed E-state index contributed by atoms with van der Waals surface area (Å²) in [7, 11) is 0. The lowest BCUT2D eigenvalue weighted by Gasteiger charge is -2.33. The summed E-state index contributed by atoms with van der Waals surface area (Å²) in [6, 6.07) is 6.82. The second-order valence-electron chi connectivity index (χ2n) is 7.28. The topological polar surface area (TPSA) is 123 Å². The molecule has 1 aliphatic rings. The van der Waals surface area contributed by atoms with E-state index in [1.165, 1.54) is 30.5 Å². The van der Waals surface area contributed by atoms with Crippen LogP contribution in [0.3, 0.4) is 0 Å². The molecule has 1 atom stereocenters. The summed E-state index contributed by atoms with van der Waals surface area (Å²) in [6.07, 6.45) is 2.27. The molecule has 0 radical (unpaired) electrons. The molecule has 1 aliphatic heterocycles. The third-order valence-electron chi connectivity index (χ3n) is 5.22. The summed E-state index contributed by atoms with van der Waals surface area (Å²) < 4.78 is 45.9. The van der Waals surface area contributed by atoms with Crippen molar-refractivity contribution in [3.8, 4) is 11.5 Å². The Kier molecular flexibility index (Phi) is 5.24. The summed E-state index contributed by atoms with van der Waals surface area (Å²) in [5.41, 5.74) is 8.22. The molecule has 9 nitrogen and oxygen atoms in total. The lowest BCUT2D eigenvalue weighted by atomic mass is 10.00. The summed E-state index contributed by atoms with van der Waals surface area (Å²) in [5, 5.41) is 8.02. The van der Waals surface area contributed by atoms with Gasteiger partial charge in [-0.2, -0.15) is 4.39 Å². The van der Waals surface area contributed by atoms with E-state index in [1.807, 2.05) is 0 Å². The number of alkyl halides is 2. The maximum atomic E-state index is 14.1. The van der Waals surface area contributed by atoms with Crippen LogP contribution in [0.2, 0.25) is 0 Å². The van der Waals surface area contributed by atoms with Gasteiger partial charge in [0, 0.05) is 32.0 Å². The normalized spacial score (nSPS) is 16.3. The standard InChI is InChI=1S/C21H17F3N8O.H2/c22-18(23)15-5-1-3-11(29-15)9-13(25)17-16-14(27-10-28-16)6-8-32(17)21-31-30-20(33-21)12-4-2-7-26-19(12)24;/h1-5,7,9-10,17-18H,6,8,25H2,(H,27,28);1H/b13-9-;/t17-;/m1./s1. The van der Waals surface area contributed by atoms with E-state index in [1.54, 1.807) is 23.4 Å². The number of hydrogen-bond acceptors (Lipinski definition) is 8. The Bertz CT molecular complexity index is 1320. The van der Waals surface area contributed by atoms with Gasteiger partial charge in [-0.15, -0.1) is 5.10 Å². The van der Waals surface area contributed by atoms with Crippen LogP contribution in [0.4, 0.5) is 19.2 Å². The largest absolute Gasteiger partial charge is 0.403 e. The number of nitrogens with zero attached hydrogens (tertiary/aromatic N) is 6. The van der Waals surface area contributed by atoms with Crippen molar-refractivity contribution in [1.82, 2.24) is 30.1 Å². The van der Waals surface area contributed by atoms with E-state index in [9.17, 15) is 13.2 Å². The molecule has 0 fully saturated rings. The number of aromatic nitrogens is 6. The number of anilines is 1. The Morgan fingerprint density at radius 1 is 1.24 bits per heavy atom. The first kappa shape index (κ1) is 20.7. The van der Waals surface area contributed by atoms with E-state index in [0.29, 0.717) is 18.7 Å². The number of hydrogen-bond donors (Lipinski definition) is 2. The third kappa shape index (κ3) is 3.90. The zero-order chi connectivity index (χ0) is 22.9. The Hall–Kier alpha value is -4.22. The van der Waals surface area contributed by atoms with Crippen LogP contribution in [0.15, 0.2) is 53.0 Å². The van der Waals surface area contributed by atoms with Crippen molar-refractivity contribution in [3.63, 3.8) is 0 Å². The van der Waals surface area contributed by atoms with Gasteiger partial charge in [0.25, 0.3) is 12.3 Å². The molecule has 0 amide bonds. The lowest BCUT2D eigenvalue weighted by Crippen LogP contribution is -2.38. The Morgan fingerprint density at radius 3 is 2.94 bits per heavy atom. The lowest BCUT2D eigenvalue weighted by molar-refractivity contribution is 0.146. The van der Waals surface area contributed by atoms with Gasteiger partial charge in [-0.3, -0.25) is 0 Å². The molecule has 0 unspecified atom stereocenters. The fourth-order valence-corrected chi connectivity index (χ4v) is 3.73. The first-order valence-corrected chi connectivity index (χ1v) is 9.96. The summed E-state index contributed by atoms with van der Waals surface area (Å²) in [4.78, 5) is 16.7. The van der Waals surface area contributed by atoms with Gasteiger partial charge in [0.2, 0.25) is 5.95 Å². The first-order chi connectivity index (χ1) is 16.0. The van der Waals surface area contributed by atoms with Crippen LogP contribution in [0.1, 0.15) is 36.7 Å². The van der Waals surface area contributed by atoms with Crippen LogP contribution >= 0.6 is 0 Å². The number of imidazole rings is 1. The van der Waals surface area contributed by atoms with Crippen molar-refractivity contribution in [2.45, 2.75) is 18.9 Å². The number of halogens is 3. The predicted molar refractivity (Wildman–Crippen MR) is 113 cm³/mol. The maximum Gasteiger partial charge on any atom is 0.319 e. The van der Waals surface area contributed by atoms with Crippen molar-refractivity contribution in [2.75, 3.05) is 11.4 Å². The first-order valence-electron chi connectivity index (χ1n) is 9.96.